The van der Waals surface area contributed by atoms with Crippen LogP contribution in [0, 0.1) is 6.92 Å². The van der Waals surface area contributed by atoms with E-state index >= 15 is 0 Å². The Hall–Kier alpha value is -3.60. The average molecular weight is 477 g/mol. The Labute approximate surface area is 187 Å². The van der Waals surface area contributed by atoms with Crippen LogP contribution in [0.4, 0.5) is 24.5 Å². The van der Waals surface area contributed by atoms with E-state index in [4.69, 9.17) is 4.74 Å². The van der Waals surface area contributed by atoms with Crippen LogP contribution < -0.4 is 14.4 Å². The van der Waals surface area contributed by atoms with Crippen molar-refractivity contribution in [1.29, 1.82) is 0 Å². The predicted octanol–water partition coefficient (Wildman–Crippen LogP) is 4.25. The third-order valence-electron chi connectivity index (χ3n) is 5.06. The van der Waals surface area contributed by atoms with Gasteiger partial charge in [0.15, 0.2) is 0 Å². The van der Waals surface area contributed by atoms with Crippen molar-refractivity contribution in [2.24, 2.45) is 0 Å². The van der Waals surface area contributed by atoms with E-state index in [9.17, 15) is 26.4 Å². The number of carbonyl (C=O) groups is 1. The predicted molar refractivity (Wildman–Crippen MR) is 115 cm³/mol. The average Bonchev–Trinajstić information content (AvgIpc) is 2.89. The molecule has 11 heteroatoms. The van der Waals surface area contributed by atoms with Gasteiger partial charge in [0.2, 0.25) is 0 Å². The molecule has 0 bridgehead atoms. The summed E-state index contributed by atoms with van der Waals surface area (Å²) in [4.78, 5) is 16.4. The van der Waals surface area contributed by atoms with Gasteiger partial charge in [0.05, 0.1) is 23.4 Å². The van der Waals surface area contributed by atoms with E-state index in [2.05, 4.69) is 10.3 Å². The number of sulfonamides is 1. The molecule has 0 radical (unpaired) electrons. The summed E-state index contributed by atoms with van der Waals surface area (Å²) in [5.41, 5.74) is 0.237. The number of amides is 1. The molecule has 172 valence electrons. The first kappa shape index (κ1) is 22.6. The summed E-state index contributed by atoms with van der Waals surface area (Å²) in [6, 6.07) is 11.2. The number of benzene rings is 2. The van der Waals surface area contributed by atoms with Crippen LogP contribution >= 0.6 is 0 Å². The molecule has 4 rings (SSSR count). The molecule has 7 nitrogen and oxygen atoms in total. The monoisotopic (exact) mass is 477 g/mol. The van der Waals surface area contributed by atoms with E-state index in [1.807, 2.05) is 0 Å². The second kappa shape index (κ2) is 8.39. The number of nitrogens with zero attached hydrogens (tertiary/aromatic N) is 2. The minimum absolute atomic E-state index is 0.00611. The molecule has 0 saturated carbocycles. The number of hydrogen-bond acceptors (Lipinski definition) is 5. The van der Waals surface area contributed by atoms with Gasteiger partial charge in [0.25, 0.3) is 15.9 Å². The molecule has 1 amide bonds. The van der Waals surface area contributed by atoms with Crippen molar-refractivity contribution in [2.45, 2.75) is 18.0 Å². The fourth-order valence-electron chi connectivity index (χ4n) is 3.39. The maximum absolute atomic E-state index is 13.4. The van der Waals surface area contributed by atoms with Crippen LogP contribution in [0.3, 0.4) is 0 Å². The largest absolute Gasteiger partial charge is 0.490 e. The van der Waals surface area contributed by atoms with E-state index in [0.29, 0.717) is 11.3 Å². The van der Waals surface area contributed by atoms with Crippen LogP contribution in [0.2, 0.25) is 0 Å². The Kier molecular flexibility index (Phi) is 5.75. The number of fused-ring (bicyclic) bond motifs is 1. The number of rotatable bonds is 3. The SMILES string of the molecule is Cc1ncccc1C(=O)Nc1ccc2c(c1)S(=O)(=O)N(c1ccc(C(F)(F)F)cc1)CCO2. The number of pyridine rings is 1. The van der Waals surface area contributed by atoms with E-state index in [1.54, 1.807) is 25.3 Å². The van der Waals surface area contributed by atoms with Crippen LogP contribution in [0.5, 0.6) is 5.75 Å². The number of nitrogens with one attached hydrogen (secondary N) is 1. The molecule has 0 atom stereocenters. The number of hydrogen-bond donors (Lipinski definition) is 1. The van der Waals surface area contributed by atoms with E-state index in [-0.39, 0.29) is 35.2 Å². The molecular formula is C22H18F3N3O4S. The van der Waals surface area contributed by atoms with Crippen LogP contribution in [-0.4, -0.2) is 32.5 Å². The molecule has 33 heavy (non-hydrogen) atoms. The summed E-state index contributed by atoms with van der Waals surface area (Å²) in [5, 5.41) is 2.64. The number of aromatic nitrogens is 1. The fraction of sp³-hybridized carbons (Fsp3) is 0.182. The van der Waals surface area contributed by atoms with E-state index < -0.39 is 27.7 Å². The Balaban J connectivity index is 1.67. The van der Waals surface area contributed by atoms with Crippen molar-refractivity contribution < 1.29 is 31.1 Å². The van der Waals surface area contributed by atoms with Crippen molar-refractivity contribution in [3.05, 3.63) is 77.6 Å². The standard InChI is InChI=1S/C22H18F3N3O4S/c1-14-18(3-2-10-26-14)21(29)27-16-6-9-19-20(13-16)33(30,31)28(11-12-32-19)17-7-4-15(5-8-17)22(23,24)25/h2-10,13H,11-12H2,1H3,(H,27,29). The molecule has 3 aromatic rings. The summed E-state index contributed by atoms with van der Waals surface area (Å²) in [6.45, 7) is 1.57. The van der Waals surface area contributed by atoms with E-state index in [1.165, 1.54) is 18.2 Å². The molecule has 0 fully saturated rings. The Bertz CT molecular complexity index is 1310. The first-order valence-corrected chi connectivity index (χ1v) is 11.2. The van der Waals surface area contributed by atoms with Crippen LogP contribution in [0.25, 0.3) is 0 Å². The number of halogens is 3. The van der Waals surface area contributed by atoms with Gasteiger partial charge in [-0.3, -0.25) is 14.1 Å². The van der Waals surface area contributed by atoms with Gasteiger partial charge in [-0.05, 0) is 61.5 Å². The maximum atomic E-state index is 13.4. The quantitative estimate of drug-likeness (QED) is 0.609. The van der Waals surface area contributed by atoms with Gasteiger partial charge in [-0.15, -0.1) is 0 Å². The van der Waals surface area contributed by atoms with Crippen molar-refractivity contribution in [3.63, 3.8) is 0 Å². The van der Waals surface area contributed by atoms with E-state index in [0.717, 1.165) is 28.6 Å². The summed E-state index contributed by atoms with van der Waals surface area (Å²) in [6.07, 6.45) is -2.99. The number of alkyl halides is 3. The summed E-state index contributed by atoms with van der Waals surface area (Å²) >= 11 is 0. The molecule has 1 aromatic heterocycles. The highest BCUT2D eigenvalue weighted by Crippen LogP contribution is 2.36. The normalized spacial score (nSPS) is 15.2. The highest BCUT2D eigenvalue weighted by atomic mass is 32.2. The minimum Gasteiger partial charge on any atom is -0.490 e. The molecule has 1 aliphatic rings. The first-order chi connectivity index (χ1) is 15.6. The molecule has 0 unspecified atom stereocenters. The molecule has 0 spiro atoms. The number of ether oxygens (including phenoxy) is 1. The highest BCUT2D eigenvalue weighted by Gasteiger charge is 2.33. The third kappa shape index (κ3) is 4.49. The van der Waals surface area contributed by atoms with Crippen LogP contribution in [0.15, 0.2) is 65.7 Å². The Morgan fingerprint density at radius 1 is 1.12 bits per heavy atom. The minimum atomic E-state index is -4.54. The highest BCUT2D eigenvalue weighted by molar-refractivity contribution is 7.93. The summed E-state index contributed by atoms with van der Waals surface area (Å²) < 4.78 is 71.9. The number of anilines is 2. The van der Waals surface area contributed by atoms with Gasteiger partial charge in [0.1, 0.15) is 17.3 Å². The molecule has 0 aliphatic carbocycles. The molecule has 2 aromatic carbocycles. The number of carbonyl (C=O) groups excluding carboxylic acids is 1. The van der Waals surface area contributed by atoms with Crippen molar-refractivity contribution in [3.8, 4) is 5.75 Å². The van der Waals surface area contributed by atoms with Crippen LogP contribution in [-0.2, 0) is 16.2 Å². The summed E-state index contributed by atoms with van der Waals surface area (Å²) in [5.74, 6) is -0.382. The lowest BCUT2D eigenvalue weighted by Crippen LogP contribution is -2.32. The lowest BCUT2D eigenvalue weighted by molar-refractivity contribution is -0.137. The second-order valence-electron chi connectivity index (χ2n) is 7.22. The van der Waals surface area contributed by atoms with Gasteiger partial charge in [-0.2, -0.15) is 13.2 Å². The zero-order valence-electron chi connectivity index (χ0n) is 17.3. The lowest BCUT2D eigenvalue weighted by atomic mass is 10.2. The molecule has 2 heterocycles. The molecule has 1 aliphatic heterocycles. The van der Waals surface area contributed by atoms with Crippen molar-refractivity contribution >= 4 is 27.3 Å². The second-order valence-corrected chi connectivity index (χ2v) is 9.05. The molecule has 1 N–H and O–H groups in total. The molecular weight excluding hydrogens is 459 g/mol. The van der Waals surface area contributed by atoms with Gasteiger partial charge in [0, 0.05) is 17.6 Å². The van der Waals surface area contributed by atoms with Crippen molar-refractivity contribution in [2.75, 3.05) is 22.8 Å². The van der Waals surface area contributed by atoms with Crippen LogP contribution in [0.1, 0.15) is 21.6 Å². The van der Waals surface area contributed by atoms with Gasteiger partial charge in [-0.1, -0.05) is 0 Å². The van der Waals surface area contributed by atoms with Gasteiger partial charge >= 0.3 is 6.18 Å². The van der Waals surface area contributed by atoms with Gasteiger partial charge in [-0.25, -0.2) is 8.42 Å². The Morgan fingerprint density at radius 3 is 2.52 bits per heavy atom. The Morgan fingerprint density at radius 2 is 1.85 bits per heavy atom. The number of aryl methyl sites for hydroxylation is 1. The fourth-order valence-corrected chi connectivity index (χ4v) is 5.00. The zero-order valence-corrected chi connectivity index (χ0v) is 18.1. The maximum Gasteiger partial charge on any atom is 0.416 e. The zero-order chi connectivity index (χ0) is 23.8. The third-order valence-corrected chi connectivity index (χ3v) is 6.90. The molecule has 0 saturated heterocycles. The lowest BCUT2D eigenvalue weighted by Gasteiger charge is -2.22. The summed E-state index contributed by atoms with van der Waals surface area (Å²) in [7, 11) is -4.19. The topological polar surface area (TPSA) is 88.6 Å². The first-order valence-electron chi connectivity index (χ1n) is 9.77. The van der Waals surface area contributed by atoms with Crippen molar-refractivity contribution in [1.82, 2.24) is 4.98 Å². The smallest absolute Gasteiger partial charge is 0.416 e. The van der Waals surface area contributed by atoms with Gasteiger partial charge < -0.3 is 10.1 Å².